The Hall–Kier alpha value is -1.55. The molecule has 1 heterocycles. The van der Waals surface area contributed by atoms with E-state index < -0.39 is 0 Å². The highest BCUT2D eigenvalue weighted by Crippen LogP contribution is 2.18. The summed E-state index contributed by atoms with van der Waals surface area (Å²) in [6.45, 7) is 2.17. The van der Waals surface area contributed by atoms with Gasteiger partial charge in [0.15, 0.2) is 0 Å². The van der Waals surface area contributed by atoms with Gasteiger partial charge in [-0.05, 0) is 18.6 Å². The first-order valence-electron chi connectivity index (χ1n) is 5.24. The van der Waals surface area contributed by atoms with Gasteiger partial charge in [0.05, 0.1) is 18.4 Å². The van der Waals surface area contributed by atoms with Crippen LogP contribution in [0.3, 0.4) is 0 Å². The Morgan fingerprint density at radius 2 is 2.24 bits per heavy atom. The highest BCUT2D eigenvalue weighted by atomic mass is 35.5. The number of benzene rings is 1. The number of hydrogen-bond donors (Lipinski definition) is 1. The van der Waals surface area contributed by atoms with Crippen molar-refractivity contribution in [2.45, 2.75) is 13.5 Å². The van der Waals surface area contributed by atoms with Gasteiger partial charge in [0.1, 0.15) is 16.8 Å². The molecule has 0 aliphatic rings. The number of aromatic nitrogens is 2. The molecule has 0 bridgehead atoms. The number of rotatable bonds is 3. The Morgan fingerprint density at radius 1 is 1.47 bits per heavy atom. The third kappa shape index (κ3) is 2.42. The van der Waals surface area contributed by atoms with Crippen molar-refractivity contribution in [1.82, 2.24) is 9.55 Å². The summed E-state index contributed by atoms with van der Waals surface area (Å²) in [5.41, 5.74) is 1.09. The van der Waals surface area contributed by atoms with Crippen LogP contribution in [0.15, 0.2) is 24.4 Å². The molecular weight excluding hydrogens is 241 g/mol. The van der Waals surface area contributed by atoms with Gasteiger partial charge in [-0.3, -0.25) is 0 Å². The molecule has 0 spiro atoms. The van der Waals surface area contributed by atoms with Crippen molar-refractivity contribution in [2.75, 3.05) is 5.32 Å². The van der Waals surface area contributed by atoms with Crippen LogP contribution >= 0.6 is 11.6 Å². The molecule has 2 rings (SSSR count). The average Bonchev–Trinajstić information content (AvgIpc) is 2.62. The van der Waals surface area contributed by atoms with Crippen LogP contribution in [-0.4, -0.2) is 9.55 Å². The lowest BCUT2D eigenvalue weighted by molar-refractivity contribution is 0.620. The lowest BCUT2D eigenvalue weighted by Gasteiger charge is -2.09. The first-order chi connectivity index (χ1) is 8.09. The van der Waals surface area contributed by atoms with Gasteiger partial charge in [-0.15, -0.1) is 0 Å². The highest BCUT2D eigenvalue weighted by Gasteiger charge is 2.07. The second-order valence-corrected chi connectivity index (χ2v) is 4.23. The first-order valence-corrected chi connectivity index (χ1v) is 5.62. The Bertz CT molecular complexity index is 537. The second-order valence-electron chi connectivity index (χ2n) is 3.85. The molecule has 0 saturated carbocycles. The summed E-state index contributed by atoms with van der Waals surface area (Å²) < 4.78 is 15.4. The molecule has 0 unspecified atom stereocenters. The van der Waals surface area contributed by atoms with E-state index in [1.165, 1.54) is 0 Å². The molecule has 0 saturated heterocycles. The van der Waals surface area contributed by atoms with Crippen LogP contribution < -0.4 is 5.32 Å². The minimum absolute atomic E-state index is 0.229. The van der Waals surface area contributed by atoms with Crippen molar-refractivity contribution < 1.29 is 4.39 Å². The molecule has 1 N–H and O–H groups in total. The van der Waals surface area contributed by atoms with E-state index in [9.17, 15) is 4.39 Å². The molecule has 1 aromatic carbocycles. The van der Waals surface area contributed by atoms with Crippen molar-refractivity contribution in [3.05, 3.63) is 46.8 Å². The fourth-order valence-electron chi connectivity index (χ4n) is 1.55. The standard InChI is InChI=1S/C12H13ClFN3/c1-8-4-3-5-9(12(8)14)15-7-11-16-6-10(13)17(11)2/h3-6,15H,7H2,1-2H3. The summed E-state index contributed by atoms with van der Waals surface area (Å²) in [5.74, 6) is 0.531. The molecule has 0 aliphatic heterocycles. The van der Waals surface area contributed by atoms with E-state index >= 15 is 0 Å². The molecule has 2 aromatic rings. The highest BCUT2D eigenvalue weighted by molar-refractivity contribution is 6.29. The zero-order chi connectivity index (χ0) is 12.4. The fraction of sp³-hybridized carbons (Fsp3) is 0.250. The normalized spacial score (nSPS) is 10.6. The zero-order valence-corrected chi connectivity index (χ0v) is 10.4. The van der Waals surface area contributed by atoms with Crippen LogP contribution in [0.5, 0.6) is 0 Å². The minimum Gasteiger partial charge on any atom is -0.375 e. The van der Waals surface area contributed by atoms with Crippen molar-refractivity contribution in [2.24, 2.45) is 7.05 Å². The topological polar surface area (TPSA) is 29.9 Å². The Morgan fingerprint density at radius 3 is 2.88 bits per heavy atom. The quantitative estimate of drug-likeness (QED) is 0.911. The van der Waals surface area contributed by atoms with Crippen LogP contribution in [0.2, 0.25) is 5.15 Å². The van der Waals surface area contributed by atoms with E-state index in [1.54, 1.807) is 29.8 Å². The molecule has 0 radical (unpaired) electrons. The van der Waals surface area contributed by atoms with Crippen LogP contribution in [0.25, 0.3) is 0 Å². The van der Waals surface area contributed by atoms with Crippen LogP contribution in [-0.2, 0) is 13.6 Å². The summed E-state index contributed by atoms with van der Waals surface area (Å²) in [7, 11) is 1.82. The monoisotopic (exact) mass is 253 g/mol. The van der Waals surface area contributed by atoms with Crippen LogP contribution in [0.4, 0.5) is 10.1 Å². The molecule has 17 heavy (non-hydrogen) atoms. The predicted molar refractivity (Wildman–Crippen MR) is 66.7 cm³/mol. The molecule has 90 valence electrons. The van der Waals surface area contributed by atoms with Crippen molar-refractivity contribution in [3.8, 4) is 0 Å². The smallest absolute Gasteiger partial charge is 0.149 e. The zero-order valence-electron chi connectivity index (χ0n) is 9.67. The van der Waals surface area contributed by atoms with E-state index in [-0.39, 0.29) is 5.82 Å². The molecule has 0 amide bonds. The van der Waals surface area contributed by atoms with Gasteiger partial charge in [0.25, 0.3) is 0 Å². The van der Waals surface area contributed by atoms with E-state index in [4.69, 9.17) is 11.6 Å². The molecule has 0 aliphatic carbocycles. The number of hydrogen-bond acceptors (Lipinski definition) is 2. The second kappa shape index (κ2) is 4.75. The number of aryl methyl sites for hydroxylation is 1. The third-order valence-corrected chi connectivity index (χ3v) is 3.01. The summed E-state index contributed by atoms with van der Waals surface area (Å²) >= 11 is 5.87. The lowest BCUT2D eigenvalue weighted by atomic mass is 10.2. The first kappa shape index (κ1) is 11.9. The minimum atomic E-state index is -0.229. The molecule has 0 atom stereocenters. The number of nitrogens with zero attached hydrogens (tertiary/aromatic N) is 2. The van der Waals surface area contributed by atoms with E-state index in [0.29, 0.717) is 22.9 Å². The van der Waals surface area contributed by atoms with Crippen LogP contribution in [0, 0.1) is 12.7 Å². The van der Waals surface area contributed by atoms with Crippen LogP contribution in [0.1, 0.15) is 11.4 Å². The predicted octanol–water partition coefficient (Wildman–Crippen LogP) is 3.13. The lowest BCUT2D eigenvalue weighted by Crippen LogP contribution is -2.07. The van der Waals surface area contributed by atoms with Crippen molar-refractivity contribution >= 4 is 17.3 Å². The number of imidazole rings is 1. The molecule has 3 nitrogen and oxygen atoms in total. The van der Waals surface area contributed by atoms with Gasteiger partial charge < -0.3 is 9.88 Å². The maximum atomic E-state index is 13.7. The Labute approximate surface area is 104 Å². The van der Waals surface area contributed by atoms with E-state index in [1.807, 2.05) is 13.1 Å². The molecular formula is C12H13ClFN3. The molecule has 0 fully saturated rings. The van der Waals surface area contributed by atoms with Gasteiger partial charge in [0.2, 0.25) is 0 Å². The summed E-state index contributed by atoms with van der Waals surface area (Å²) in [6, 6.07) is 5.25. The maximum absolute atomic E-state index is 13.7. The number of nitrogens with one attached hydrogen (secondary N) is 1. The molecule has 5 heteroatoms. The third-order valence-electron chi connectivity index (χ3n) is 2.66. The Balaban J connectivity index is 2.13. The van der Waals surface area contributed by atoms with Gasteiger partial charge in [0, 0.05) is 7.05 Å². The maximum Gasteiger partial charge on any atom is 0.149 e. The van der Waals surface area contributed by atoms with Crippen molar-refractivity contribution in [3.63, 3.8) is 0 Å². The van der Waals surface area contributed by atoms with Gasteiger partial charge >= 0.3 is 0 Å². The van der Waals surface area contributed by atoms with Crippen molar-refractivity contribution in [1.29, 1.82) is 0 Å². The average molecular weight is 254 g/mol. The fourth-order valence-corrected chi connectivity index (χ4v) is 1.69. The summed E-state index contributed by atoms with van der Waals surface area (Å²) in [4.78, 5) is 4.13. The van der Waals surface area contributed by atoms with E-state index in [2.05, 4.69) is 10.3 Å². The SMILES string of the molecule is Cc1cccc(NCc2ncc(Cl)n2C)c1F. The van der Waals surface area contributed by atoms with E-state index in [0.717, 1.165) is 5.82 Å². The van der Waals surface area contributed by atoms with Gasteiger partial charge in [-0.1, -0.05) is 23.7 Å². The summed E-state index contributed by atoms with van der Waals surface area (Å²) in [5, 5.41) is 3.57. The van der Waals surface area contributed by atoms with Gasteiger partial charge in [-0.2, -0.15) is 0 Å². The summed E-state index contributed by atoms with van der Waals surface area (Å²) in [6.07, 6.45) is 1.57. The van der Waals surface area contributed by atoms with Gasteiger partial charge in [-0.25, -0.2) is 9.37 Å². The molecule has 1 aromatic heterocycles. The Kier molecular flexibility index (Phi) is 3.33. The number of anilines is 1. The largest absolute Gasteiger partial charge is 0.375 e. The number of halogens is 2.